The third-order valence-electron chi connectivity index (χ3n) is 6.18. The van der Waals surface area contributed by atoms with Crippen molar-refractivity contribution < 1.29 is 26.7 Å². The van der Waals surface area contributed by atoms with Crippen LogP contribution in [0.1, 0.15) is 41.0 Å². The van der Waals surface area contributed by atoms with E-state index in [0.29, 0.717) is 42.1 Å². The first-order valence-electron chi connectivity index (χ1n) is 10.8. The number of carbonyl (C=O) groups excluding carboxylic acids is 1. The Hall–Kier alpha value is -2.34. The molecule has 1 atom stereocenters. The molecule has 4 heterocycles. The van der Waals surface area contributed by atoms with E-state index in [1.807, 2.05) is 9.80 Å². The van der Waals surface area contributed by atoms with Crippen LogP contribution in [0.15, 0.2) is 18.5 Å². The van der Waals surface area contributed by atoms with Crippen LogP contribution in [-0.4, -0.2) is 59.2 Å². The fourth-order valence-electron chi connectivity index (χ4n) is 4.37. The molecule has 2 saturated heterocycles. The molecule has 12 heteroatoms. The fraction of sp³-hybridized carbons (Fsp3) is 0.571. The van der Waals surface area contributed by atoms with Crippen LogP contribution in [0.5, 0.6) is 0 Å². The van der Waals surface area contributed by atoms with Gasteiger partial charge in [-0.05, 0) is 32.2 Å². The van der Waals surface area contributed by atoms with E-state index in [4.69, 9.17) is 0 Å². The lowest BCUT2D eigenvalue weighted by Crippen LogP contribution is -2.50. The molecule has 2 aliphatic heterocycles. The number of likely N-dealkylation sites (tertiary alicyclic amines) is 1. The predicted octanol–water partition coefficient (Wildman–Crippen LogP) is 3.99. The number of pyridine rings is 1. The smallest absolute Gasteiger partial charge is 0.348 e. The summed E-state index contributed by atoms with van der Waals surface area (Å²) < 4.78 is 65.9. The van der Waals surface area contributed by atoms with Crippen molar-refractivity contribution in [3.63, 3.8) is 0 Å². The largest absolute Gasteiger partial charge is 0.393 e. The number of carbonyl (C=O) groups is 1. The Labute approximate surface area is 191 Å². The van der Waals surface area contributed by atoms with Gasteiger partial charge in [0, 0.05) is 31.7 Å². The normalized spacial score (nSPS) is 20.8. The summed E-state index contributed by atoms with van der Waals surface area (Å²) in [6.07, 6.45) is 0.415. The number of piperidine rings is 2. The van der Waals surface area contributed by atoms with Gasteiger partial charge in [0.25, 0.3) is 5.91 Å². The third kappa shape index (κ3) is 5.78. The quantitative estimate of drug-likeness (QED) is 0.644. The van der Waals surface area contributed by atoms with Crippen molar-refractivity contribution in [1.82, 2.24) is 20.2 Å². The number of alkyl halides is 3. The van der Waals surface area contributed by atoms with Crippen molar-refractivity contribution in [3.8, 4) is 0 Å². The Balaban J connectivity index is 1.28. The number of anilines is 1. The van der Waals surface area contributed by atoms with E-state index < -0.39 is 29.6 Å². The highest BCUT2D eigenvalue weighted by molar-refractivity contribution is 7.17. The van der Waals surface area contributed by atoms with E-state index in [9.17, 15) is 26.7 Å². The summed E-state index contributed by atoms with van der Waals surface area (Å²) in [7, 11) is 0. The Morgan fingerprint density at radius 2 is 1.88 bits per heavy atom. The average molecular weight is 490 g/mol. The maximum Gasteiger partial charge on any atom is 0.393 e. The van der Waals surface area contributed by atoms with Crippen molar-refractivity contribution >= 4 is 22.4 Å². The minimum atomic E-state index is -4.14. The fourth-order valence-corrected chi connectivity index (χ4v) is 5.25. The number of halogens is 5. The first-order chi connectivity index (χ1) is 15.7. The summed E-state index contributed by atoms with van der Waals surface area (Å²) in [5.41, 5.74) is -0.0676. The lowest BCUT2D eigenvalue weighted by molar-refractivity contribution is -0.188. The number of hydrogen-bond acceptors (Lipinski definition) is 6. The Morgan fingerprint density at radius 3 is 2.58 bits per heavy atom. The zero-order valence-electron chi connectivity index (χ0n) is 17.7. The third-order valence-corrected chi connectivity index (χ3v) is 7.24. The van der Waals surface area contributed by atoms with E-state index in [2.05, 4.69) is 15.3 Å². The van der Waals surface area contributed by atoms with Crippen molar-refractivity contribution in [2.45, 2.75) is 44.4 Å². The topological polar surface area (TPSA) is 61.4 Å². The predicted molar refractivity (Wildman–Crippen MR) is 113 cm³/mol. The second-order valence-electron chi connectivity index (χ2n) is 8.37. The summed E-state index contributed by atoms with van der Waals surface area (Å²) >= 11 is 1.20. The molecule has 2 aromatic heterocycles. The summed E-state index contributed by atoms with van der Waals surface area (Å²) in [6.45, 7) is 1.88. The number of nitrogens with one attached hydrogen (secondary N) is 1. The second-order valence-corrected chi connectivity index (χ2v) is 9.37. The molecule has 180 valence electrons. The highest BCUT2D eigenvalue weighted by Gasteiger charge is 2.43. The number of rotatable bonds is 5. The summed E-state index contributed by atoms with van der Waals surface area (Å²) in [5.74, 6) is -3.31. The minimum absolute atomic E-state index is 0.0676. The Bertz CT molecular complexity index is 976. The molecule has 0 spiro atoms. The van der Waals surface area contributed by atoms with E-state index >= 15 is 0 Å². The van der Waals surface area contributed by atoms with Crippen LogP contribution in [0.3, 0.4) is 0 Å². The zero-order valence-corrected chi connectivity index (χ0v) is 18.6. The van der Waals surface area contributed by atoms with Crippen molar-refractivity contribution in [2.75, 3.05) is 31.1 Å². The minimum Gasteiger partial charge on any atom is -0.348 e. The number of amides is 1. The van der Waals surface area contributed by atoms with Crippen molar-refractivity contribution in [3.05, 3.63) is 40.7 Å². The summed E-state index contributed by atoms with van der Waals surface area (Å²) in [6, 6.07) is 0.822. The van der Waals surface area contributed by atoms with Gasteiger partial charge in [-0.3, -0.25) is 14.7 Å². The molecule has 33 heavy (non-hydrogen) atoms. The molecule has 2 aromatic rings. The zero-order chi connectivity index (χ0) is 23.6. The lowest BCUT2D eigenvalue weighted by atomic mass is 9.93. The maximum atomic E-state index is 13.7. The van der Waals surface area contributed by atoms with Gasteiger partial charge < -0.3 is 10.2 Å². The molecular weight excluding hydrogens is 465 g/mol. The molecule has 1 N–H and O–H groups in total. The number of thiazole rings is 1. The Kier molecular flexibility index (Phi) is 7.13. The number of aromatic nitrogens is 2. The lowest BCUT2D eigenvalue weighted by Gasteiger charge is -2.42. The van der Waals surface area contributed by atoms with Gasteiger partial charge in [0.1, 0.15) is 16.5 Å². The van der Waals surface area contributed by atoms with Gasteiger partial charge in [0.2, 0.25) is 0 Å². The molecule has 0 aromatic carbocycles. The molecule has 0 unspecified atom stereocenters. The molecule has 0 saturated carbocycles. The van der Waals surface area contributed by atoms with E-state index in [1.165, 1.54) is 17.5 Å². The highest BCUT2D eigenvalue weighted by Crippen LogP contribution is 2.35. The molecule has 1 amide bonds. The van der Waals surface area contributed by atoms with Gasteiger partial charge in [-0.25, -0.2) is 13.8 Å². The van der Waals surface area contributed by atoms with Crippen LogP contribution < -0.4 is 10.2 Å². The van der Waals surface area contributed by atoms with Gasteiger partial charge >= 0.3 is 6.18 Å². The van der Waals surface area contributed by atoms with Crippen LogP contribution in [0, 0.1) is 17.6 Å². The molecular formula is C21H24F5N5OS. The van der Waals surface area contributed by atoms with Crippen LogP contribution in [0.25, 0.3) is 0 Å². The highest BCUT2D eigenvalue weighted by atomic mass is 32.1. The van der Waals surface area contributed by atoms with Gasteiger partial charge in [-0.2, -0.15) is 13.2 Å². The van der Waals surface area contributed by atoms with Crippen molar-refractivity contribution in [2.24, 2.45) is 5.92 Å². The van der Waals surface area contributed by atoms with E-state index in [0.717, 1.165) is 19.0 Å². The van der Waals surface area contributed by atoms with Crippen LogP contribution in [-0.2, 0) is 6.54 Å². The summed E-state index contributed by atoms with van der Waals surface area (Å²) in [5, 5.41) is 3.21. The first kappa shape index (κ1) is 23.8. The van der Waals surface area contributed by atoms with Gasteiger partial charge in [0.15, 0.2) is 5.13 Å². The van der Waals surface area contributed by atoms with E-state index in [1.54, 1.807) is 0 Å². The van der Waals surface area contributed by atoms with Crippen molar-refractivity contribution in [1.29, 1.82) is 0 Å². The molecule has 6 nitrogen and oxygen atoms in total. The molecule has 0 radical (unpaired) electrons. The second kappa shape index (κ2) is 9.88. The number of nitrogens with zero attached hydrogens (tertiary/aromatic N) is 4. The van der Waals surface area contributed by atoms with Crippen LogP contribution >= 0.6 is 11.3 Å². The molecule has 2 aliphatic rings. The summed E-state index contributed by atoms with van der Waals surface area (Å²) in [4.78, 5) is 24.7. The van der Waals surface area contributed by atoms with Gasteiger partial charge in [-0.15, -0.1) is 0 Å². The first-order valence-corrected chi connectivity index (χ1v) is 11.6. The maximum absolute atomic E-state index is 13.7. The molecule has 4 rings (SSSR count). The van der Waals surface area contributed by atoms with Crippen LogP contribution in [0.2, 0.25) is 0 Å². The molecule has 2 fully saturated rings. The Morgan fingerprint density at radius 1 is 1.12 bits per heavy atom. The van der Waals surface area contributed by atoms with Gasteiger partial charge in [0.05, 0.1) is 30.6 Å². The molecule has 0 bridgehead atoms. The van der Waals surface area contributed by atoms with Crippen LogP contribution in [0.4, 0.5) is 27.1 Å². The van der Waals surface area contributed by atoms with Gasteiger partial charge in [-0.1, -0.05) is 11.3 Å². The number of hydrogen-bond donors (Lipinski definition) is 1. The average Bonchev–Trinajstić information content (AvgIpc) is 3.28. The SMILES string of the molecule is O=C(NCc1ncc(F)cc1F)c1cnc(N2CCC(N3CCC[C@@H](C(F)(F)F)C3)CC2)s1. The van der Waals surface area contributed by atoms with E-state index in [-0.39, 0.29) is 31.2 Å². The molecule has 0 aliphatic carbocycles. The monoisotopic (exact) mass is 489 g/mol. The standard InChI is InChI=1S/C21H24F5N5OS/c22-14-8-16(23)17(27-9-14)10-28-19(32)18-11-29-20(33-18)30-6-3-15(4-7-30)31-5-1-2-13(12-31)21(24,25)26/h8-9,11,13,15H,1-7,10,12H2,(H,28,32)/t13-/m1/s1.